The number of rotatable bonds is 3. The highest BCUT2D eigenvalue weighted by atomic mass is 32.1. The van der Waals surface area contributed by atoms with Gasteiger partial charge in [-0.3, -0.25) is 4.79 Å². The molecule has 2 aliphatic rings. The number of carbonyl (C=O) groups excluding carboxylic acids is 1. The maximum Gasteiger partial charge on any atom is 0.261 e. The number of hydrogen-bond donors (Lipinski definition) is 1. The summed E-state index contributed by atoms with van der Waals surface area (Å²) in [6, 6.07) is 2.16. The smallest absolute Gasteiger partial charge is 0.261 e. The number of ether oxygens (including phenoxy) is 1. The Hall–Kier alpha value is -1.99. The maximum atomic E-state index is 12.3. The Labute approximate surface area is 151 Å². The lowest BCUT2D eigenvalue weighted by Gasteiger charge is -2.32. The molecule has 1 fully saturated rings. The van der Waals surface area contributed by atoms with Gasteiger partial charge in [-0.1, -0.05) is 0 Å². The third-order valence-corrected chi connectivity index (χ3v) is 5.80. The number of aromatic nitrogens is 2. The predicted octanol–water partition coefficient (Wildman–Crippen LogP) is 2.32. The summed E-state index contributed by atoms with van der Waals surface area (Å²) in [5.74, 6) is 0.848. The van der Waals surface area contributed by atoms with Gasteiger partial charge in [-0.2, -0.15) is 0 Å². The van der Waals surface area contributed by atoms with Crippen molar-refractivity contribution in [1.29, 1.82) is 0 Å². The summed E-state index contributed by atoms with van der Waals surface area (Å²) in [5, 5.41) is 5.17. The molecule has 4 rings (SSSR count). The quantitative estimate of drug-likeness (QED) is 0.912. The number of nitrogens with one attached hydrogen (secondary N) is 1. The van der Waals surface area contributed by atoms with Gasteiger partial charge < -0.3 is 15.0 Å². The first-order valence-corrected chi connectivity index (χ1v) is 9.60. The van der Waals surface area contributed by atoms with Crippen molar-refractivity contribution in [2.45, 2.75) is 38.8 Å². The summed E-state index contributed by atoms with van der Waals surface area (Å²) >= 11 is 1.50. The van der Waals surface area contributed by atoms with E-state index in [1.807, 2.05) is 24.6 Å². The topological polar surface area (TPSA) is 67.4 Å². The van der Waals surface area contributed by atoms with Crippen molar-refractivity contribution < 1.29 is 9.53 Å². The molecule has 0 radical (unpaired) electrons. The lowest BCUT2D eigenvalue weighted by Crippen LogP contribution is -2.45. The molecule has 7 heteroatoms. The molecule has 6 nitrogen and oxygen atoms in total. The highest BCUT2D eigenvalue weighted by Crippen LogP contribution is 2.21. The van der Waals surface area contributed by atoms with E-state index in [1.54, 1.807) is 0 Å². The molecule has 4 heterocycles. The Bertz CT molecular complexity index is 768. The number of nitrogens with zero attached hydrogens (tertiary/aromatic N) is 3. The zero-order chi connectivity index (χ0) is 17.2. The van der Waals surface area contributed by atoms with Crippen LogP contribution in [0, 0.1) is 6.92 Å². The van der Waals surface area contributed by atoms with Crippen molar-refractivity contribution in [3.8, 4) is 0 Å². The van der Waals surface area contributed by atoms with E-state index in [1.165, 1.54) is 11.3 Å². The van der Waals surface area contributed by atoms with Crippen LogP contribution in [0.5, 0.6) is 0 Å². The summed E-state index contributed by atoms with van der Waals surface area (Å²) in [7, 11) is 0. The van der Waals surface area contributed by atoms with Crippen LogP contribution in [0.2, 0.25) is 0 Å². The molecule has 0 unspecified atom stereocenters. The lowest BCUT2D eigenvalue weighted by atomic mass is 10.1. The van der Waals surface area contributed by atoms with Crippen molar-refractivity contribution in [1.82, 2.24) is 15.3 Å². The van der Waals surface area contributed by atoms with Crippen LogP contribution < -0.4 is 10.2 Å². The van der Waals surface area contributed by atoms with Crippen LogP contribution in [0.3, 0.4) is 0 Å². The fourth-order valence-electron chi connectivity index (χ4n) is 3.30. The Morgan fingerprint density at radius 2 is 2.24 bits per heavy atom. The van der Waals surface area contributed by atoms with E-state index in [9.17, 15) is 4.79 Å². The normalized spacial score (nSPS) is 18.0. The number of carbonyl (C=O) groups is 1. The zero-order valence-electron chi connectivity index (χ0n) is 14.3. The minimum atomic E-state index is 0.0431. The van der Waals surface area contributed by atoms with E-state index < -0.39 is 0 Å². The second-order valence-electron chi connectivity index (χ2n) is 6.67. The molecule has 1 N–H and O–H groups in total. The second-order valence-corrected chi connectivity index (χ2v) is 7.58. The Balaban J connectivity index is 1.34. The van der Waals surface area contributed by atoms with Crippen LogP contribution in [0.25, 0.3) is 0 Å². The first kappa shape index (κ1) is 16.5. The molecular weight excluding hydrogens is 336 g/mol. The molecule has 0 aliphatic carbocycles. The van der Waals surface area contributed by atoms with Gasteiger partial charge in [-0.25, -0.2) is 9.97 Å². The average molecular weight is 358 g/mol. The fourth-order valence-corrected chi connectivity index (χ4v) is 4.10. The van der Waals surface area contributed by atoms with Gasteiger partial charge in [0.15, 0.2) is 0 Å². The monoisotopic (exact) mass is 358 g/mol. The summed E-state index contributed by atoms with van der Waals surface area (Å²) in [6.45, 7) is 5.09. The highest BCUT2D eigenvalue weighted by Gasteiger charge is 2.24. The van der Waals surface area contributed by atoms with Gasteiger partial charge in [0.25, 0.3) is 5.91 Å². The van der Waals surface area contributed by atoms with Gasteiger partial charge in [-0.05, 0) is 36.8 Å². The first-order valence-electron chi connectivity index (χ1n) is 8.72. The third kappa shape index (κ3) is 3.67. The molecule has 2 aromatic rings. The van der Waals surface area contributed by atoms with Gasteiger partial charge in [0.2, 0.25) is 5.95 Å². The van der Waals surface area contributed by atoms with E-state index in [2.05, 4.69) is 15.2 Å². The highest BCUT2D eigenvalue weighted by molar-refractivity contribution is 7.12. The summed E-state index contributed by atoms with van der Waals surface area (Å²) in [5.41, 5.74) is 3.35. The number of thiophene rings is 1. The minimum absolute atomic E-state index is 0.0431. The van der Waals surface area contributed by atoms with Gasteiger partial charge in [0, 0.05) is 37.3 Å². The molecule has 0 atom stereocenters. The minimum Gasteiger partial charge on any atom is -0.376 e. The van der Waals surface area contributed by atoms with E-state index in [0.717, 1.165) is 66.6 Å². The van der Waals surface area contributed by atoms with E-state index in [4.69, 9.17) is 9.72 Å². The molecule has 0 aromatic carbocycles. The maximum absolute atomic E-state index is 12.3. The fraction of sp³-hybridized carbons (Fsp3) is 0.500. The Morgan fingerprint density at radius 1 is 1.40 bits per heavy atom. The van der Waals surface area contributed by atoms with Crippen LogP contribution in [-0.4, -0.2) is 41.6 Å². The molecule has 2 aliphatic heterocycles. The zero-order valence-corrected chi connectivity index (χ0v) is 15.1. The van der Waals surface area contributed by atoms with Crippen LogP contribution in [0.1, 0.15) is 39.3 Å². The second kappa shape index (κ2) is 7.09. The third-order valence-electron chi connectivity index (χ3n) is 4.75. The Kier molecular flexibility index (Phi) is 4.67. The predicted molar refractivity (Wildman–Crippen MR) is 97.1 cm³/mol. The molecule has 1 amide bonds. The molecular formula is C18H22N4O2S. The lowest BCUT2D eigenvalue weighted by molar-refractivity contribution is 0.0935. The van der Waals surface area contributed by atoms with Crippen molar-refractivity contribution in [3.05, 3.63) is 39.3 Å². The number of aryl methyl sites for hydroxylation is 1. The average Bonchev–Trinajstić information content (AvgIpc) is 3.08. The number of anilines is 1. The number of amides is 1. The van der Waals surface area contributed by atoms with Crippen LogP contribution in [0.15, 0.2) is 17.6 Å². The van der Waals surface area contributed by atoms with Gasteiger partial charge in [0.1, 0.15) is 0 Å². The van der Waals surface area contributed by atoms with Crippen molar-refractivity contribution in [2.24, 2.45) is 0 Å². The summed E-state index contributed by atoms with van der Waals surface area (Å²) in [6.07, 6.45) is 4.58. The SMILES string of the molecule is Cc1csc(C(=O)NC2CCN(c3ncc4c(n3)CCOC4)CC2)c1. The molecule has 0 saturated carbocycles. The van der Waals surface area contributed by atoms with E-state index >= 15 is 0 Å². The van der Waals surface area contributed by atoms with Crippen LogP contribution in [0.4, 0.5) is 5.95 Å². The van der Waals surface area contributed by atoms with Gasteiger partial charge >= 0.3 is 0 Å². The molecule has 25 heavy (non-hydrogen) atoms. The van der Waals surface area contributed by atoms with E-state index in [0.29, 0.717) is 6.61 Å². The molecule has 2 aromatic heterocycles. The molecule has 0 spiro atoms. The molecule has 132 valence electrons. The van der Waals surface area contributed by atoms with Crippen molar-refractivity contribution in [2.75, 3.05) is 24.6 Å². The van der Waals surface area contributed by atoms with Gasteiger partial charge in [-0.15, -0.1) is 11.3 Å². The standard InChI is InChI=1S/C18H22N4O2S/c1-12-8-16(25-11-12)17(23)20-14-2-5-22(6-3-14)18-19-9-13-10-24-7-4-15(13)21-18/h8-9,11,14H,2-7,10H2,1H3,(H,20,23). The van der Waals surface area contributed by atoms with Gasteiger partial charge in [0.05, 0.1) is 23.8 Å². The van der Waals surface area contributed by atoms with Crippen molar-refractivity contribution in [3.63, 3.8) is 0 Å². The summed E-state index contributed by atoms with van der Waals surface area (Å²) in [4.78, 5) is 24.5. The number of hydrogen-bond acceptors (Lipinski definition) is 6. The molecule has 1 saturated heterocycles. The molecule has 0 bridgehead atoms. The largest absolute Gasteiger partial charge is 0.376 e. The Morgan fingerprint density at radius 3 is 3.00 bits per heavy atom. The first-order chi connectivity index (χ1) is 12.2. The van der Waals surface area contributed by atoms with Crippen LogP contribution >= 0.6 is 11.3 Å². The number of fused-ring (bicyclic) bond motifs is 1. The van der Waals surface area contributed by atoms with Crippen molar-refractivity contribution >= 4 is 23.2 Å². The van der Waals surface area contributed by atoms with Crippen LogP contribution in [-0.2, 0) is 17.8 Å². The van der Waals surface area contributed by atoms with E-state index in [-0.39, 0.29) is 11.9 Å². The summed E-state index contributed by atoms with van der Waals surface area (Å²) < 4.78 is 5.44. The number of piperidine rings is 1.